The Labute approximate surface area is 166 Å². The van der Waals surface area contributed by atoms with Gasteiger partial charge in [0.15, 0.2) is 5.78 Å². The van der Waals surface area contributed by atoms with Gasteiger partial charge in [-0.25, -0.2) is 0 Å². The quantitative estimate of drug-likeness (QED) is 0.166. The van der Waals surface area contributed by atoms with Crippen molar-refractivity contribution in [3.63, 3.8) is 0 Å². The molecule has 0 rings (SSSR count). The molecule has 0 heterocycles. The molecule has 13 heteroatoms. The fourth-order valence-electron chi connectivity index (χ4n) is 1.07. The van der Waals surface area contributed by atoms with Crippen molar-refractivity contribution in [2.45, 2.75) is 36.6 Å². The molecule has 0 aromatic heterocycles. The van der Waals surface area contributed by atoms with Crippen molar-refractivity contribution in [1.29, 1.82) is 0 Å². The van der Waals surface area contributed by atoms with Crippen molar-refractivity contribution in [1.82, 2.24) is 0 Å². The molecule has 0 radical (unpaired) electrons. The summed E-state index contributed by atoms with van der Waals surface area (Å²) in [5.74, 6) is -1.00. The normalized spacial score (nSPS) is 17.6. The van der Waals surface area contributed by atoms with Crippen LogP contribution in [0.5, 0.6) is 0 Å². The number of rotatable bonds is 9. The van der Waals surface area contributed by atoms with E-state index in [9.17, 15) is 4.79 Å². The van der Waals surface area contributed by atoms with Crippen molar-refractivity contribution in [2.24, 2.45) is 0 Å². The van der Waals surface area contributed by atoms with Crippen LogP contribution in [0.15, 0.2) is 0 Å². The molecule has 0 bridgehead atoms. The summed E-state index contributed by atoms with van der Waals surface area (Å²) in [7, 11) is 0. The first-order chi connectivity index (χ1) is 10.2. The molecule has 142 valence electrons. The Morgan fingerprint density at radius 3 is 1.21 bits per heavy atom. The molecule has 0 amide bonds. The zero-order valence-corrected chi connectivity index (χ0v) is 15.8. The van der Waals surface area contributed by atoms with Crippen LogP contribution < -0.4 is 42.0 Å². The predicted octanol–water partition coefficient (Wildman–Crippen LogP) is -12.3. The van der Waals surface area contributed by atoms with E-state index in [1.54, 1.807) is 0 Å². The third kappa shape index (κ3) is 12.9. The molecule has 10 N–H and O–H groups in total. The van der Waals surface area contributed by atoms with Crippen molar-refractivity contribution < 1.29 is 97.8 Å². The Kier molecular flexibility index (Phi) is 24.7. The average molecular weight is 391 g/mol. The van der Waals surface area contributed by atoms with E-state index in [1.165, 1.54) is 0 Å². The summed E-state index contributed by atoms with van der Waals surface area (Å²) in [5.41, 5.74) is 0. The average Bonchev–Trinajstić information content (AvgIpc) is 2.56. The fourth-order valence-corrected chi connectivity index (χ4v) is 1.07. The minimum Gasteiger partial charge on any atom is -1.00 e. The van der Waals surface area contributed by atoms with Crippen LogP contribution in [0.1, 0.15) is 0 Å². The van der Waals surface area contributed by atoms with Crippen LogP contribution in [0.3, 0.4) is 0 Å². The van der Waals surface area contributed by atoms with Crippen molar-refractivity contribution in [3.8, 4) is 0 Å². The number of carbonyl (C=O) groups is 1. The first kappa shape index (κ1) is 32.3. The van der Waals surface area contributed by atoms with E-state index in [4.69, 9.17) is 51.1 Å². The molecule has 0 aliphatic rings. The standard InChI is InChI=1S/C6H12O6.C5H12O5.ClH.Na/c7-1-3(9)5(11)6(12)4(10)2-8;6-1-3(8)5(10)4(9)2-7;;/h3,5-9,11-12H,1-2H2;3-10H,1-2H2;1H;/q;;;+1/p-1/t3-,5+,6+;3-,4+,5?;;/m1.../s1. The fraction of sp³-hybridized carbons (Fsp3) is 0.909. The van der Waals surface area contributed by atoms with E-state index in [1.807, 2.05) is 0 Å². The minimum absolute atomic E-state index is 0. The molecule has 0 saturated carbocycles. The third-order valence-electron chi connectivity index (χ3n) is 2.55. The number of hydrogen-bond donors (Lipinski definition) is 10. The Hall–Kier alpha value is 0.560. The van der Waals surface area contributed by atoms with E-state index in [-0.39, 0.29) is 42.0 Å². The Balaban J connectivity index is -0.000000156. The Morgan fingerprint density at radius 2 is 0.958 bits per heavy atom. The number of Topliss-reactive ketones (excluding diaryl/α,β-unsaturated/α-hetero) is 1. The van der Waals surface area contributed by atoms with Gasteiger partial charge >= 0.3 is 29.6 Å². The predicted molar refractivity (Wildman–Crippen MR) is 69.4 cm³/mol. The zero-order valence-electron chi connectivity index (χ0n) is 13.1. The first-order valence-electron chi connectivity index (χ1n) is 6.22. The van der Waals surface area contributed by atoms with Crippen LogP contribution >= 0.6 is 0 Å². The van der Waals surface area contributed by atoms with Crippen LogP contribution in [0.4, 0.5) is 0 Å². The maximum atomic E-state index is 10.5. The largest absolute Gasteiger partial charge is 1.00 e. The molecule has 6 atom stereocenters. The Morgan fingerprint density at radius 1 is 0.667 bits per heavy atom. The topological polar surface area (TPSA) is 219 Å². The molecule has 0 spiro atoms. The molecule has 0 aromatic rings. The van der Waals surface area contributed by atoms with Gasteiger partial charge in [-0.05, 0) is 0 Å². The van der Waals surface area contributed by atoms with Crippen molar-refractivity contribution >= 4 is 5.78 Å². The van der Waals surface area contributed by atoms with Gasteiger partial charge in [0, 0.05) is 0 Å². The molecule has 24 heavy (non-hydrogen) atoms. The number of aliphatic hydroxyl groups excluding tert-OH is 10. The summed E-state index contributed by atoms with van der Waals surface area (Å²) >= 11 is 0. The SMILES string of the molecule is O=C(CO)[C@H](O)[C@@H](O)[C@H](O)CO.OC[C@@H](O)C(O)[C@@H](O)CO.[Cl-].[Na+]. The number of halogens is 1. The second-order valence-electron chi connectivity index (χ2n) is 4.30. The van der Waals surface area contributed by atoms with Gasteiger partial charge in [-0.3, -0.25) is 4.79 Å². The van der Waals surface area contributed by atoms with Crippen LogP contribution in [0.2, 0.25) is 0 Å². The molecule has 11 nitrogen and oxygen atoms in total. The van der Waals surface area contributed by atoms with Gasteiger partial charge in [0.2, 0.25) is 0 Å². The summed E-state index contributed by atoms with van der Waals surface area (Å²) in [6, 6.07) is 0. The summed E-state index contributed by atoms with van der Waals surface area (Å²) in [6.45, 7) is -2.97. The van der Waals surface area contributed by atoms with Gasteiger partial charge in [0.1, 0.15) is 43.2 Å². The van der Waals surface area contributed by atoms with Gasteiger partial charge < -0.3 is 63.5 Å². The van der Waals surface area contributed by atoms with Crippen LogP contribution in [-0.2, 0) is 4.79 Å². The van der Waals surface area contributed by atoms with E-state index < -0.39 is 68.8 Å². The third-order valence-corrected chi connectivity index (χ3v) is 2.55. The number of aliphatic hydroxyl groups is 10. The zero-order chi connectivity index (χ0) is 17.9. The smallest absolute Gasteiger partial charge is 1.00 e. The van der Waals surface area contributed by atoms with Gasteiger partial charge in [0.25, 0.3) is 0 Å². The number of carbonyl (C=O) groups excluding carboxylic acids is 1. The maximum absolute atomic E-state index is 10.5. The van der Waals surface area contributed by atoms with Gasteiger partial charge in [-0.1, -0.05) is 0 Å². The molecule has 0 aliphatic heterocycles. The van der Waals surface area contributed by atoms with Gasteiger partial charge in [-0.15, -0.1) is 0 Å². The maximum Gasteiger partial charge on any atom is 1.00 e. The monoisotopic (exact) mass is 390 g/mol. The van der Waals surface area contributed by atoms with Crippen molar-refractivity contribution in [2.75, 3.05) is 26.4 Å². The van der Waals surface area contributed by atoms with Crippen LogP contribution in [0.25, 0.3) is 0 Å². The molecular weight excluding hydrogens is 367 g/mol. The van der Waals surface area contributed by atoms with Crippen LogP contribution in [0, 0.1) is 0 Å². The summed E-state index contributed by atoms with van der Waals surface area (Å²) < 4.78 is 0. The molecule has 0 saturated heterocycles. The van der Waals surface area contributed by atoms with E-state index in [2.05, 4.69) is 0 Å². The molecule has 0 aliphatic carbocycles. The summed E-state index contributed by atoms with van der Waals surface area (Å²) in [6.07, 6.45) is -9.51. The Bertz CT molecular complexity index is 289. The van der Waals surface area contributed by atoms with E-state index in [0.29, 0.717) is 0 Å². The number of hydrogen-bond acceptors (Lipinski definition) is 11. The molecule has 1 unspecified atom stereocenters. The van der Waals surface area contributed by atoms with Crippen molar-refractivity contribution in [3.05, 3.63) is 0 Å². The molecular formula is C11H24ClNaO11. The second kappa shape index (κ2) is 18.4. The first-order valence-corrected chi connectivity index (χ1v) is 6.22. The van der Waals surface area contributed by atoms with Gasteiger partial charge in [0.05, 0.1) is 19.8 Å². The minimum atomic E-state index is -1.86. The molecule has 0 aromatic carbocycles. The second-order valence-corrected chi connectivity index (χ2v) is 4.30. The summed E-state index contributed by atoms with van der Waals surface area (Å²) in [5, 5.41) is 85.6. The number of ketones is 1. The molecule has 0 fully saturated rings. The van der Waals surface area contributed by atoms with E-state index >= 15 is 0 Å². The van der Waals surface area contributed by atoms with Gasteiger partial charge in [-0.2, -0.15) is 0 Å². The van der Waals surface area contributed by atoms with E-state index in [0.717, 1.165) is 0 Å². The van der Waals surface area contributed by atoms with Crippen LogP contribution in [-0.4, -0.2) is 120 Å². The summed E-state index contributed by atoms with van der Waals surface area (Å²) in [4.78, 5) is 10.5.